The van der Waals surface area contributed by atoms with E-state index in [-0.39, 0.29) is 18.2 Å². The molecule has 4 heteroatoms. The zero-order valence-corrected chi connectivity index (χ0v) is 9.61. The third-order valence-corrected chi connectivity index (χ3v) is 2.17. The Balaban J connectivity index is 2.18. The Labute approximate surface area is 101 Å². The summed E-state index contributed by atoms with van der Waals surface area (Å²) in [5.74, 6) is -0.348. The molecule has 0 bridgehead atoms. The second kappa shape index (κ2) is 7.22. The van der Waals surface area contributed by atoms with E-state index >= 15 is 0 Å². The minimum atomic E-state index is -0.263. The van der Waals surface area contributed by atoms with Crippen LogP contribution < -0.4 is 10.6 Å². The predicted molar refractivity (Wildman–Crippen MR) is 66.1 cm³/mol. The zero-order valence-electron chi connectivity index (χ0n) is 9.61. The number of carbonyl (C=O) groups excluding carboxylic acids is 2. The largest absolute Gasteiger partial charge is 0.352 e. The summed E-state index contributed by atoms with van der Waals surface area (Å²) in [7, 11) is 0. The van der Waals surface area contributed by atoms with Crippen LogP contribution in [0.15, 0.2) is 43.0 Å². The van der Waals surface area contributed by atoms with Crippen molar-refractivity contribution < 1.29 is 9.59 Å². The molecule has 0 aliphatic carbocycles. The summed E-state index contributed by atoms with van der Waals surface area (Å²) >= 11 is 0. The standard InChI is InChI=1S/C13H16N2O2/c1-2-12(16)14-9-8-13(17)15-10-11-6-4-3-5-7-11/h2-7H,1,8-10H2,(H,14,16)(H,15,17). The van der Waals surface area contributed by atoms with Crippen molar-refractivity contribution in [3.8, 4) is 0 Å². The highest BCUT2D eigenvalue weighted by atomic mass is 16.2. The third kappa shape index (κ3) is 5.51. The van der Waals surface area contributed by atoms with Gasteiger partial charge < -0.3 is 10.6 Å². The van der Waals surface area contributed by atoms with Crippen LogP contribution in [0.4, 0.5) is 0 Å². The summed E-state index contributed by atoms with van der Waals surface area (Å²) in [4.78, 5) is 22.2. The van der Waals surface area contributed by atoms with Crippen LogP contribution in [0.3, 0.4) is 0 Å². The van der Waals surface area contributed by atoms with Gasteiger partial charge in [0.25, 0.3) is 0 Å². The molecule has 0 saturated carbocycles. The van der Waals surface area contributed by atoms with Gasteiger partial charge in [-0.15, -0.1) is 0 Å². The number of benzene rings is 1. The first kappa shape index (κ1) is 13.0. The summed E-state index contributed by atoms with van der Waals surface area (Å²) in [6.45, 7) is 4.16. The molecule has 4 nitrogen and oxygen atoms in total. The van der Waals surface area contributed by atoms with Crippen molar-refractivity contribution in [2.75, 3.05) is 6.54 Å². The molecule has 90 valence electrons. The Morgan fingerprint density at radius 2 is 1.88 bits per heavy atom. The number of amides is 2. The van der Waals surface area contributed by atoms with Gasteiger partial charge in [0.2, 0.25) is 11.8 Å². The van der Waals surface area contributed by atoms with Crippen LogP contribution in [0.1, 0.15) is 12.0 Å². The Hall–Kier alpha value is -2.10. The van der Waals surface area contributed by atoms with Gasteiger partial charge in [0.15, 0.2) is 0 Å². The van der Waals surface area contributed by atoms with Gasteiger partial charge >= 0.3 is 0 Å². The summed E-state index contributed by atoms with van der Waals surface area (Å²) in [5.41, 5.74) is 1.05. The fraction of sp³-hybridized carbons (Fsp3) is 0.231. The lowest BCUT2D eigenvalue weighted by atomic mass is 10.2. The molecule has 0 saturated heterocycles. The molecule has 0 aliphatic rings. The van der Waals surface area contributed by atoms with E-state index in [1.54, 1.807) is 0 Å². The van der Waals surface area contributed by atoms with E-state index < -0.39 is 0 Å². The van der Waals surface area contributed by atoms with Gasteiger partial charge in [-0.2, -0.15) is 0 Å². The van der Waals surface area contributed by atoms with Crippen molar-refractivity contribution in [2.45, 2.75) is 13.0 Å². The Kier molecular flexibility index (Phi) is 5.51. The van der Waals surface area contributed by atoms with E-state index in [0.717, 1.165) is 5.56 Å². The van der Waals surface area contributed by atoms with Crippen molar-refractivity contribution in [1.82, 2.24) is 10.6 Å². The van der Waals surface area contributed by atoms with Gasteiger partial charge in [0, 0.05) is 19.5 Å². The van der Waals surface area contributed by atoms with E-state index in [0.29, 0.717) is 13.1 Å². The summed E-state index contributed by atoms with van der Waals surface area (Å²) in [5, 5.41) is 5.32. The molecule has 17 heavy (non-hydrogen) atoms. The van der Waals surface area contributed by atoms with Crippen molar-refractivity contribution >= 4 is 11.8 Å². The van der Waals surface area contributed by atoms with E-state index in [1.165, 1.54) is 6.08 Å². The van der Waals surface area contributed by atoms with Crippen LogP contribution in [-0.2, 0) is 16.1 Å². The number of carbonyl (C=O) groups is 2. The Bertz CT molecular complexity index is 388. The van der Waals surface area contributed by atoms with Crippen molar-refractivity contribution in [3.63, 3.8) is 0 Å². The lowest BCUT2D eigenvalue weighted by Crippen LogP contribution is -2.29. The molecule has 0 radical (unpaired) electrons. The molecule has 0 fully saturated rings. The van der Waals surface area contributed by atoms with Crippen LogP contribution >= 0.6 is 0 Å². The fourth-order valence-corrected chi connectivity index (χ4v) is 1.26. The average molecular weight is 232 g/mol. The number of hydrogen-bond donors (Lipinski definition) is 2. The molecule has 0 aromatic heterocycles. The molecular formula is C13H16N2O2. The van der Waals surface area contributed by atoms with Gasteiger partial charge in [0.1, 0.15) is 0 Å². The number of hydrogen-bond acceptors (Lipinski definition) is 2. The van der Waals surface area contributed by atoms with Gasteiger partial charge in [-0.25, -0.2) is 0 Å². The van der Waals surface area contributed by atoms with Gasteiger partial charge in [-0.3, -0.25) is 9.59 Å². The maximum Gasteiger partial charge on any atom is 0.243 e. The molecule has 1 aromatic carbocycles. The SMILES string of the molecule is C=CC(=O)NCCC(=O)NCc1ccccc1. The highest BCUT2D eigenvalue weighted by molar-refractivity contribution is 5.87. The van der Waals surface area contributed by atoms with Gasteiger partial charge in [0.05, 0.1) is 0 Å². The lowest BCUT2D eigenvalue weighted by Gasteiger charge is -2.05. The molecule has 0 atom stereocenters. The molecule has 1 aromatic rings. The van der Waals surface area contributed by atoms with E-state index in [9.17, 15) is 9.59 Å². The van der Waals surface area contributed by atoms with E-state index in [2.05, 4.69) is 17.2 Å². The summed E-state index contributed by atoms with van der Waals surface area (Å²) in [6, 6.07) is 9.66. The van der Waals surface area contributed by atoms with Crippen molar-refractivity contribution in [2.24, 2.45) is 0 Å². The summed E-state index contributed by atoms with van der Waals surface area (Å²) < 4.78 is 0. The minimum Gasteiger partial charge on any atom is -0.352 e. The Morgan fingerprint density at radius 1 is 1.18 bits per heavy atom. The third-order valence-electron chi connectivity index (χ3n) is 2.17. The van der Waals surface area contributed by atoms with E-state index in [4.69, 9.17) is 0 Å². The molecule has 2 amide bonds. The normalized spacial score (nSPS) is 9.41. The fourth-order valence-electron chi connectivity index (χ4n) is 1.26. The van der Waals surface area contributed by atoms with Crippen LogP contribution in [0.5, 0.6) is 0 Å². The first-order valence-corrected chi connectivity index (χ1v) is 5.43. The predicted octanol–water partition coefficient (Wildman–Crippen LogP) is 0.995. The molecule has 0 aliphatic heterocycles. The molecule has 1 rings (SSSR count). The molecule has 2 N–H and O–H groups in total. The first-order chi connectivity index (χ1) is 8.22. The van der Waals surface area contributed by atoms with Crippen LogP contribution in [-0.4, -0.2) is 18.4 Å². The topological polar surface area (TPSA) is 58.2 Å². The maximum absolute atomic E-state index is 11.4. The van der Waals surface area contributed by atoms with Crippen molar-refractivity contribution in [1.29, 1.82) is 0 Å². The minimum absolute atomic E-state index is 0.0850. The number of rotatable bonds is 6. The second-order valence-corrected chi connectivity index (χ2v) is 3.51. The molecule has 0 heterocycles. The number of nitrogens with one attached hydrogen (secondary N) is 2. The first-order valence-electron chi connectivity index (χ1n) is 5.43. The highest BCUT2D eigenvalue weighted by Crippen LogP contribution is 1.97. The molecule has 0 spiro atoms. The van der Waals surface area contributed by atoms with Crippen LogP contribution in [0.25, 0.3) is 0 Å². The summed E-state index contributed by atoms with van der Waals surface area (Å²) in [6.07, 6.45) is 1.45. The molecular weight excluding hydrogens is 216 g/mol. The van der Waals surface area contributed by atoms with E-state index in [1.807, 2.05) is 30.3 Å². The zero-order chi connectivity index (χ0) is 12.5. The van der Waals surface area contributed by atoms with Gasteiger partial charge in [-0.1, -0.05) is 36.9 Å². The highest BCUT2D eigenvalue weighted by Gasteiger charge is 2.01. The quantitative estimate of drug-likeness (QED) is 0.719. The molecule has 0 unspecified atom stereocenters. The lowest BCUT2D eigenvalue weighted by molar-refractivity contribution is -0.121. The van der Waals surface area contributed by atoms with Crippen LogP contribution in [0, 0.1) is 0 Å². The van der Waals surface area contributed by atoms with Crippen molar-refractivity contribution in [3.05, 3.63) is 48.6 Å². The monoisotopic (exact) mass is 232 g/mol. The average Bonchev–Trinajstić information content (AvgIpc) is 2.37. The smallest absolute Gasteiger partial charge is 0.243 e. The second-order valence-electron chi connectivity index (χ2n) is 3.51. The van der Waals surface area contributed by atoms with Gasteiger partial charge in [-0.05, 0) is 11.6 Å². The Morgan fingerprint density at radius 3 is 2.53 bits per heavy atom. The maximum atomic E-state index is 11.4. The van der Waals surface area contributed by atoms with Crippen LogP contribution in [0.2, 0.25) is 0 Å².